The number of ether oxygens (including phenoxy) is 1. The smallest absolute Gasteiger partial charge is 0.328 e. The minimum absolute atomic E-state index is 0.0422. The van der Waals surface area contributed by atoms with E-state index in [1.807, 2.05) is 0 Å². The number of carbonyl (C=O) groups is 2. The Bertz CT molecular complexity index is 511. The number of nitrogens with one attached hydrogen (secondary N) is 1. The van der Waals surface area contributed by atoms with Crippen molar-refractivity contribution in [2.24, 2.45) is 5.92 Å². The van der Waals surface area contributed by atoms with Gasteiger partial charge >= 0.3 is 5.97 Å². The molecule has 1 rings (SSSR count). The maximum absolute atomic E-state index is 12.2. The van der Waals surface area contributed by atoms with Gasteiger partial charge in [-0.25, -0.2) is 14.8 Å². The molecule has 0 aliphatic carbocycles. The number of aromatic nitrogens is 2. The molecule has 1 heterocycles. The Labute approximate surface area is 126 Å². The van der Waals surface area contributed by atoms with E-state index in [1.165, 1.54) is 25.1 Å². The van der Waals surface area contributed by atoms with Gasteiger partial charge in [0.05, 0.1) is 18.3 Å². The Morgan fingerprint density at radius 1 is 1.45 bits per heavy atom. The first-order chi connectivity index (χ1) is 9.40. The van der Waals surface area contributed by atoms with Gasteiger partial charge in [-0.2, -0.15) is 0 Å². The molecule has 0 aromatic carbocycles. The van der Waals surface area contributed by atoms with Crippen LogP contribution in [0.15, 0.2) is 11.4 Å². The van der Waals surface area contributed by atoms with Crippen LogP contribution in [0.25, 0.3) is 0 Å². The molecule has 0 aliphatic rings. The van der Waals surface area contributed by atoms with Gasteiger partial charge in [0, 0.05) is 0 Å². The molecule has 6 nitrogen and oxygen atoms in total. The quantitative estimate of drug-likeness (QED) is 0.506. The van der Waals surface area contributed by atoms with Crippen LogP contribution in [0.5, 0.6) is 0 Å². The lowest BCUT2D eigenvalue weighted by molar-refractivity contribution is -0.144. The van der Waals surface area contributed by atoms with Gasteiger partial charge in [0.25, 0.3) is 5.91 Å². The summed E-state index contributed by atoms with van der Waals surface area (Å²) in [5, 5.41) is 3.14. The number of hydrogen-bond donors (Lipinski definition) is 1. The maximum atomic E-state index is 12.2. The van der Waals surface area contributed by atoms with Gasteiger partial charge in [-0.1, -0.05) is 37.2 Å². The van der Waals surface area contributed by atoms with Crippen molar-refractivity contribution in [1.29, 1.82) is 0 Å². The molecule has 8 heteroatoms. The molecule has 1 N–H and O–H groups in total. The molecule has 0 saturated heterocycles. The number of carbonyl (C=O) groups excluding carboxylic acids is 2. The minimum atomic E-state index is -0.753. The Hall–Kier alpha value is -1.34. The summed E-state index contributed by atoms with van der Waals surface area (Å²) in [5.41, 5.74) is 0.0422. The highest BCUT2D eigenvalue weighted by atomic mass is 35.5. The molecule has 110 valence electrons. The second-order valence-corrected chi connectivity index (χ2v) is 5.45. The lowest BCUT2D eigenvalue weighted by Gasteiger charge is -2.19. The number of nitrogens with zero attached hydrogens (tertiary/aromatic N) is 2. The molecule has 0 saturated carbocycles. The standard InChI is InChI=1S/C12H16ClN3O3S/c1-6(2)8(11(18)19-3)15-10(17)9-7(13)5-14-12(16-9)20-4/h5-6,8H,1-4H3,(H,15,17). The second kappa shape index (κ2) is 7.44. The van der Waals surface area contributed by atoms with E-state index < -0.39 is 17.9 Å². The molecule has 0 radical (unpaired) electrons. The first-order valence-corrected chi connectivity index (χ1v) is 7.46. The van der Waals surface area contributed by atoms with E-state index in [4.69, 9.17) is 11.6 Å². The summed E-state index contributed by atoms with van der Waals surface area (Å²) in [6.07, 6.45) is 3.15. The number of esters is 1. The topological polar surface area (TPSA) is 81.2 Å². The molecule has 1 atom stereocenters. The average Bonchev–Trinajstić information content (AvgIpc) is 2.43. The Morgan fingerprint density at radius 3 is 2.60 bits per heavy atom. The van der Waals surface area contributed by atoms with Gasteiger partial charge in [-0.05, 0) is 12.2 Å². The zero-order valence-corrected chi connectivity index (χ0v) is 13.2. The van der Waals surface area contributed by atoms with Gasteiger partial charge in [-0.3, -0.25) is 4.79 Å². The maximum Gasteiger partial charge on any atom is 0.328 e. The lowest BCUT2D eigenvalue weighted by atomic mass is 10.0. The summed E-state index contributed by atoms with van der Waals surface area (Å²) in [7, 11) is 1.27. The number of hydrogen-bond acceptors (Lipinski definition) is 6. The third kappa shape index (κ3) is 4.08. The van der Waals surface area contributed by atoms with Crippen LogP contribution < -0.4 is 5.32 Å². The van der Waals surface area contributed by atoms with Crippen LogP contribution in [0.3, 0.4) is 0 Å². The zero-order valence-electron chi connectivity index (χ0n) is 11.6. The van der Waals surface area contributed by atoms with E-state index in [0.29, 0.717) is 5.16 Å². The molecule has 0 bridgehead atoms. The van der Waals surface area contributed by atoms with Crippen LogP contribution in [0, 0.1) is 5.92 Å². The van der Waals surface area contributed by atoms with Crippen LogP contribution in [0.4, 0.5) is 0 Å². The van der Waals surface area contributed by atoms with Crippen LogP contribution in [0.1, 0.15) is 24.3 Å². The monoisotopic (exact) mass is 317 g/mol. The summed E-state index contributed by atoms with van der Waals surface area (Å²) >= 11 is 7.21. The Kier molecular flexibility index (Phi) is 6.22. The zero-order chi connectivity index (χ0) is 15.3. The largest absolute Gasteiger partial charge is 0.467 e. The molecule has 1 aromatic rings. The molecule has 0 aliphatic heterocycles. The van der Waals surface area contributed by atoms with E-state index in [9.17, 15) is 9.59 Å². The second-order valence-electron chi connectivity index (χ2n) is 4.27. The highest BCUT2D eigenvalue weighted by Crippen LogP contribution is 2.17. The van der Waals surface area contributed by atoms with Crippen molar-refractivity contribution in [2.75, 3.05) is 13.4 Å². The van der Waals surface area contributed by atoms with Crippen molar-refractivity contribution in [1.82, 2.24) is 15.3 Å². The summed E-state index contributed by atoms with van der Waals surface area (Å²) in [6, 6.07) is -0.753. The van der Waals surface area contributed by atoms with Crippen molar-refractivity contribution in [3.63, 3.8) is 0 Å². The van der Waals surface area contributed by atoms with Crippen molar-refractivity contribution in [3.8, 4) is 0 Å². The summed E-state index contributed by atoms with van der Waals surface area (Å²) in [4.78, 5) is 31.8. The highest BCUT2D eigenvalue weighted by molar-refractivity contribution is 7.98. The van der Waals surface area contributed by atoms with Crippen molar-refractivity contribution in [2.45, 2.75) is 25.0 Å². The van der Waals surface area contributed by atoms with E-state index in [2.05, 4.69) is 20.0 Å². The van der Waals surface area contributed by atoms with Gasteiger partial charge in [0.2, 0.25) is 0 Å². The molecular weight excluding hydrogens is 302 g/mol. The molecule has 0 spiro atoms. The van der Waals surface area contributed by atoms with E-state index in [0.717, 1.165) is 0 Å². The molecule has 1 amide bonds. The van der Waals surface area contributed by atoms with Gasteiger partial charge in [0.15, 0.2) is 10.9 Å². The summed E-state index contributed by atoms with van der Waals surface area (Å²) in [5.74, 6) is -1.16. The van der Waals surface area contributed by atoms with Crippen LogP contribution in [-0.2, 0) is 9.53 Å². The van der Waals surface area contributed by atoms with E-state index >= 15 is 0 Å². The molecular formula is C12H16ClN3O3S. The van der Waals surface area contributed by atoms with Crippen LogP contribution in [-0.4, -0.2) is 41.3 Å². The normalized spacial score (nSPS) is 12.1. The third-order valence-electron chi connectivity index (χ3n) is 2.53. The number of thioether (sulfide) groups is 1. The Balaban J connectivity index is 2.97. The number of halogens is 1. The number of rotatable bonds is 5. The molecule has 1 unspecified atom stereocenters. The van der Waals surface area contributed by atoms with Crippen LogP contribution >= 0.6 is 23.4 Å². The van der Waals surface area contributed by atoms with Gasteiger partial charge in [0.1, 0.15) is 6.04 Å². The first kappa shape index (κ1) is 16.7. The minimum Gasteiger partial charge on any atom is -0.467 e. The fraction of sp³-hybridized carbons (Fsp3) is 0.500. The third-order valence-corrected chi connectivity index (χ3v) is 3.37. The Morgan fingerprint density at radius 2 is 2.10 bits per heavy atom. The van der Waals surface area contributed by atoms with E-state index in [1.54, 1.807) is 20.1 Å². The number of methoxy groups -OCH3 is 1. The lowest BCUT2D eigenvalue weighted by Crippen LogP contribution is -2.45. The predicted octanol–water partition coefficient (Wildman–Crippen LogP) is 1.78. The molecule has 0 fully saturated rings. The first-order valence-electron chi connectivity index (χ1n) is 5.86. The average molecular weight is 318 g/mol. The van der Waals surface area contributed by atoms with Crippen molar-refractivity contribution < 1.29 is 14.3 Å². The fourth-order valence-electron chi connectivity index (χ4n) is 1.44. The molecule has 20 heavy (non-hydrogen) atoms. The SMILES string of the molecule is COC(=O)C(NC(=O)c1nc(SC)ncc1Cl)C(C)C. The molecule has 1 aromatic heterocycles. The summed E-state index contributed by atoms with van der Waals surface area (Å²) < 4.78 is 4.66. The highest BCUT2D eigenvalue weighted by Gasteiger charge is 2.27. The van der Waals surface area contributed by atoms with Crippen molar-refractivity contribution >= 4 is 35.2 Å². The van der Waals surface area contributed by atoms with E-state index in [-0.39, 0.29) is 16.6 Å². The number of amides is 1. The fourth-order valence-corrected chi connectivity index (χ4v) is 1.96. The summed E-state index contributed by atoms with van der Waals surface area (Å²) in [6.45, 7) is 3.60. The van der Waals surface area contributed by atoms with Crippen molar-refractivity contribution in [3.05, 3.63) is 16.9 Å². The van der Waals surface area contributed by atoms with Gasteiger partial charge in [-0.15, -0.1) is 0 Å². The van der Waals surface area contributed by atoms with Gasteiger partial charge < -0.3 is 10.1 Å². The predicted molar refractivity (Wildman–Crippen MR) is 76.9 cm³/mol. The van der Waals surface area contributed by atoms with Crippen LogP contribution in [0.2, 0.25) is 5.02 Å².